The van der Waals surface area contributed by atoms with Crippen LogP contribution in [0.3, 0.4) is 0 Å². The summed E-state index contributed by atoms with van der Waals surface area (Å²) >= 11 is 0. The predicted octanol–water partition coefficient (Wildman–Crippen LogP) is 6.37. The molecule has 0 bridgehead atoms. The lowest BCUT2D eigenvalue weighted by molar-refractivity contribution is -0.136. The molecule has 1 amide bonds. The predicted molar refractivity (Wildman–Crippen MR) is 149 cm³/mol. The average Bonchev–Trinajstić information content (AvgIpc) is 3.71. The SMILES string of the molecule is CC(C)(C)C1CCC(CC(=O)C2CC2C(=O)N2CCN(C(c3ccccc3)c3ccccc3)CC2)CC1. The Morgan fingerprint density at radius 1 is 0.784 bits per heavy atom. The van der Waals surface area contributed by atoms with E-state index in [1.807, 2.05) is 4.90 Å². The van der Waals surface area contributed by atoms with Crippen LogP contribution in [0.5, 0.6) is 0 Å². The van der Waals surface area contributed by atoms with Crippen molar-refractivity contribution < 1.29 is 9.59 Å². The van der Waals surface area contributed by atoms with E-state index in [2.05, 4.69) is 86.3 Å². The summed E-state index contributed by atoms with van der Waals surface area (Å²) in [4.78, 5) is 30.8. The van der Waals surface area contributed by atoms with Crippen molar-refractivity contribution in [3.8, 4) is 0 Å². The zero-order chi connectivity index (χ0) is 26.0. The number of amides is 1. The quantitative estimate of drug-likeness (QED) is 0.444. The van der Waals surface area contributed by atoms with E-state index in [0.29, 0.717) is 23.5 Å². The van der Waals surface area contributed by atoms with Gasteiger partial charge in [0.25, 0.3) is 0 Å². The topological polar surface area (TPSA) is 40.6 Å². The van der Waals surface area contributed by atoms with Crippen molar-refractivity contribution in [3.63, 3.8) is 0 Å². The highest BCUT2D eigenvalue weighted by molar-refractivity contribution is 5.93. The largest absolute Gasteiger partial charge is 0.340 e. The molecular weight excluding hydrogens is 456 g/mol. The maximum Gasteiger partial charge on any atom is 0.226 e. The van der Waals surface area contributed by atoms with E-state index < -0.39 is 0 Å². The zero-order valence-electron chi connectivity index (χ0n) is 22.9. The van der Waals surface area contributed by atoms with E-state index in [-0.39, 0.29) is 23.8 Å². The molecule has 0 spiro atoms. The van der Waals surface area contributed by atoms with Gasteiger partial charge in [-0.25, -0.2) is 0 Å². The molecule has 3 aliphatic rings. The Hall–Kier alpha value is -2.46. The van der Waals surface area contributed by atoms with Crippen LogP contribution in [-0.4, -0.2) is 47.7 Å². The minimum Gasteiger partial charge on any atom is -0.340 e. The molecule has 0 aromatic heterocycles. The van der Waals surface area contributed by atoms with Crippen LogP contribution in [-0.2, 0) is 9.59 Å². The van der Waals surface area contributed by atoms with E-state index in [1.54, 1.807) is 0 Å². The summed E-state index contributed by atoms with van der Waals surface area (Å²) < 4.78 is 0. The Kier molecular flexibility index (Phi) is 7.85. The van der Waals surface area contributed by atoms with Gasteiger partial charge in [-0.3, -0.25) is 14.5 Å². The summed E-state index contributed by atoms with van der Waals surface area (Å²) in [6, 6.07) is 21.5. The van der Waals surface area contributed by atoms with E-state index in [9.17, 15) is 9.59 Å². The van der Waals surface area contributed by atoms with Crippen molar-refractivity contribution in [1.82, 2.24) is 9.80 Å². The lowest BCUT2D eigenvalue weighted by Crippen LogP contribution is -2.50. The molecule has 5 rings (SSSR count). The standard InChI is InChI=1S/C33H44N2O2/c1-33(2,3)27-16-14-24(15-17-27)22-30(36)28-23-29(28)32(37)35-20-18-34(19-21-35)31(25-10-6-4-7-11-25)26-12-8-5-9-13-26/h4-13,24,27-29,31H,14-23H2,1-3H3. The van der Waals surface area contributed by atoms with Gasteiger partial charge < -0.3 is 4.90 Å². The van der Waals surface area contributed by atoms with E-state index in [0.717, 1.165) is 38.5 Å². The van der Waals surface area contributed by atoms with E-state index in [1.165, 1.54) is 36.8 Å². The number of hydrogen-bond acceptors (Lipinski definition) is 3. The molecule has 1 aliphatic heterocycles. The third-order valence-electron chi connectivity index (χ3n) is 9.30. The van der Waals surface area contributed by atoms with Crippen LogP contribution in [0.1, 0.15) is 76.5 Å². The summed E-state index contributed by atoms with van der Waals surface area (Å²) in [6.07, 6.45) is 6.29. The van der Waals surface area contributed by atoms with Gasteiger partial charge in [0.05, 0.1) is 6.04 Å². The number of carbonyl (C=O) groups excluding carboxylic acids is 2. The normalized spacial score (nSPS) is 26.8. The summed E-state index contributed by atoms with van der Waals surface area (Å²) in [5.74, 6) is 1.78. The number of ketones is 1. The number of piperazine rings is 1. The molecular formula is C33H44N2O2. The first kappa shape index (κ1) is 26.2. The molecule has 4 nitrogen and oxygen atoms in total. The Morgan fingerprint density at radius 2 is 1.32 bits per heavy atom. The van der Waals surface area contributed by atoms with Gasteiger partial charge >= 0.3 is 0 Å². The maximum atomic E-state index is 13.3. The lowest BCUT2D eigenvalue weighted by Gasteiger charge is -2.40. The summed E-state index contributed by atoms with van der Waals surface area (Å²) in [5, 5.41) is 0. The van der Waals surface area contributed by atoms with Gasteiger partial charge in [-0.05, 0) is 60.5 Å². The second kappa shape index (κ2) is 11.1. The third kappa shape index (κ3) is 6.17. The lowest BCUT2D eigenvalue weighted by atomic mass is 9.69. The molecule has 37 heavy (non-hydrogen) atoms. The number of rotatable bonds is 7. The Balaban J connectivity index is 1.12. The van der Waals surface area contributed by atoms with Gasteiger partial charge in [-0.2, -0.15) is 0 Å². The molecule has 1 heterocycles. The average molecular weight is 501 g/mol. The van der Waals surface area contributed by atoms with Gasteiger partial charge in [0.2, 0.25) is 5.91 Å². The van der Waals surface area contributed by atoms with Crippen LogP contribution in [0, 0.1) is 29.1 Å². The van der Waals surface area contributed by atoms with Crippen molar-refractivity contribution in [2.45, 2.75) is 65.3 Å². The maximum absolute atomic E-state index is 13.3. The van der Waals surface area contributed by atoms with Crippen LogP contribution >= 0.6 is 0 Å². The van der Waals surface area contributed by atoms with Crippen molar-refractivity contribution in [2.75, 3.05) is 26.2 Å². The highest BCUT2D eigenvalue weighted by atomic mass is 16.2. The molecule has 2 atom stereocenters. The Morgan fingerprint density at radius 3 is 1.84 bits per heavy atom. The van der Waals surface area contributed by atoms with Crippen LogP contribution < -0.4 is 0 Å². The number of benzene rings is 2. The molecule has 2 saturated carbocycles. The fourth-order valence-electron chi connectivity index (χ4n) is 6.81. The minimum atomic E-state index is -0.0657. The number of nitrogens with zero attached hydrogens (tertiary/aromatic N) is 2. The minimum absolute atomic E-state index is 0.0211. The number of hydrogen-bond donors (Lipinski definition) is 0. The summed E-state index contributed by atoms with van der Waals surface area (Å²) in [7, 11) is 0. The fourth-order valence-corrected chi connectivity index (χ4v) is 6.81. The summed E-state index contributed by atoms with van der Waals surface area (Å²) in [6.45, 7) is 10.2. The number of carbonyl (C=O) groups is 2. The molecule has 198 valence electrons. The van der Waals surface area contributed by atoms with Crippen molar-refractivity contribution in [1.29, 1.82) is 0 Å². The van der Waals surface area contributed by atoms with Crippen LogP contribution in [0.25, 0.3) is 0 Å². The highest BCUT2D eigenvalue weighted by Gasteiger charge is 2.49. The molecule has 0 N–H and O–H groups in total. The Labute approximate surface area is 223 Å². The number of Topliss-reactive ketones (excluding diaryl/α,β-unsaturated/α-hetero) is 1. The smallest absolute Gasteiger partial charge is 0.226 e. The molecule has 2 unspecified atom stereocenters. The Bertz CT molecular complexity index is 1010. The van der Waals surface area contributed by atoms with Gasteiger partial charge in [0, 0.05) is 44.4 Å². The third-order valence-corrected chi connectivity index (χ3v) is 9.30. The first-order valence-electron chi connectivity index (χ1n) is 14.5. The molecule has 4 heteroatoms. The molecule has 3 fully saturated rings. The molecule has 2 aliphatic carbocycles. The first-order valence-corrected chi connectivity index (χ1v) is 14.5. The van der Waals surface area contributed by atoms with Crippen molar-refractivity contribution in [2.24, 2.45) is 29.1 Å². The molecule has 2 aromatic carbocycles. The van der Waals surface area contributed by atoms with Gasteiger partial charge in [0.1, 0.15) is 5.78 Å². The molecule has 2 aromatic rings. The van der Waals surface area contributed by atoms with Gasteiger partial charge in [0.15, 0.2) is 0 Å². The fraction of sp³-hybridized carbons (Fsp3) is 0.576. The van der Waals surface area contributed by atoms with Gasteiger partial charge in [-0.1, -0.05) is 81.4 Å². The van der Waals surface area contributed by atoms with E-state index in [4.69, 9.17) is 0 Å². The van der Waals surface area contributed by atoms with Gasteiger partial charge in [-0.15, -0.1) is 0 Å². The van der Waals surface area contributed by atoms with Crippen LogP contribution in [0.4, 0.5) is 0 Å². The summed E-state index contributed by atoms with van der Waals surface area (Å²) in [5.41, 5.74) is 2.95. The molecule has 1 saturated heterocycles. The second-order valence-electron chi connectivity index (χ2n) is 12.8. The van der Waals surface area contributed by atoms with Crippen LogP contribution in [0.2, 0.25) is 0 Å². The monoisotopic (exact) mass is 500 g/mol. The highest BCUT2D eigenvalue weighted by Crippen LogP contribution is 2.45. The van der Waals surface area contributed by atoms with Crippen molar-refractivity contribution >= 4 is 11.7 Å². The first-order chi connectivity index (χ1) is 17.8. The zero-order valence-corrected chi connectivity index (χ0v) is 22.9. The second-order valence-corrected chi connectivity index (χ2v) is 12.8. The van der Waals surface area contributed by atoms with Crippen LogP contribution in [0.15, 0.2) is 60.7 Å². The molecule has 0 radical (unpaired) electrons. The van der Waals surface area contributed by atoms with Crippen molar-refractivity contribution in [3.05, 3.63) is 71.8 Å². The van der Waals surface area contributed by atoms with E-state index >= 15 is 0 Å².